The van der Waals surface area contributed by atoms with E-state index in [1.54, 1.807) is 16.7 Å². The van der Waals surface area contributed by atoms with E-state index < -0.39 is 0 Å². The van der Waals surface area contributed by atoms with Crippen LogP contribution in [0.2, 0.25) is 0 Å². The molecule has 0 aromatic carbocycles. The summed E-state index contributed by atoms with van der Waals surface area (Å²) in [5, 5.41) is 3.49. The number of hydrogen-bond donors (Lipinski definition) is 1. The van der Waals surface area contributed by atoms with Crippen LogP contribution in [0.25, 0.3) is 0 Å². The van der Waals surface area contributed by atoms with E-state index in [2.05, 4.69) is 17.3 Å². The van der Waals surface area contributed by atoms with Gasteiger partial charge in [0.2, 0.25) is 0 Å². The van der Waals surface area contributed by atoms with E-state index in [0.717, 1.165) is 32.2 Å². The van der Waals surface area contributed by atoms with Crippen molar-refractivity contribution in [3.63, 3.8) is 0 Å². The van der Waals surface area contributed by atoms with Crippen LogP contribution in [-0.2, 0) is 6.54 Å². The van der Waals surface area contributed by atoms with Crippen LogP contribution < -0.4 is 10.9 Å². The molecule has 0 saturated heterocycles. The van der Waals surface area contributed by atoms with E-state index in [9.17, 15) is 4.79 Å². The Balaban J connectivity index is 1.66. The summed E-state index contributed by atoms with van der Waals surface area (Å²) in [5.41, 5.74) is 0.0806. The zero-order valence-electron chi connectivity index (χ0n) is 10.4. The molecule has 17 heavy (non-hydrogen) atoms. The summed E-state index contributed by atoms with van der Waals surface area (Å²) in [7, 11) is 2.10. The third kappa shape index (κ3) is 4.32. The zero-order chi connectivity index (χ0) is 12.1. The summed E-state index contributed by atoms with van der Waals surface area (Å²) in [6, 6.07) is 6.06. The maximum Gasteiger partial charge on any atom is 0.250 e. The molecular weight excluding hydrogens is 214 g/mol. The molecule has 0 amide bonds. The molecule has 0 aliphatic heterocycles. The fourth-order valence-corrected chi connectivity index (χ4v) is 1.78. The fourth-order valence-electron chi connectivity index (χ4n) is 1.78. The summed E-state index contributed by atoms with van der Waals surface area (Å²) in [6.07, 6.45) is 4.52. The van der Waals surface area contributed by atoms with Gasteiger partial charge in [-0.25, -0.2) is 0 Å². The highest BCUT2D eigenvalue weighted by molar-refractivity contribution is 4.93. The molecule has 0 spiro atoms. The van der Waals surface area contributed by atoms with Crippen LogP contribution in [0.4, 0.5) is 0 Å². The van der Waals surface area contributed by atoms with Crippen LogP contribution in [0, 0.1) is 0 Å². The van der Waals surface area contributed by atoms with Crippen LogP contribution in [-0.4, -0.2) is 42.2 Å². The number of aromatic nitrogens is 1. The number of nitrogens with one attached hydrogen (secondary N) is 1. The van der Waals surface area contributed by atoms with Crippen molar-refractivity contribution in [3.05, 3.63) is 34.7 Å². The lowest BCUT2D eigenvalue weighted by Crippen LogP contribution is -2.33. The van der Waals surface area contributed by atoms with Crippen molar-refractivity contribution in [3.8, 4) is 0 Å². The molecule has 0 unspecified atom stereocenters. The summed E-state index contributed by atoms with van der Waals surface area (Å²) in [5.74, 6) is 0. The molecule has 4 nitrogen and oxygen atoms in total. The van der Waals surface area contributed by atoms with E-state index in [0.29, 0.717) is 0 Å². The van der Waals surface area contributed by atoms with Gasteiger partial charge in [-0.05, 0) is 26.0 Å². The first kappa shape index (κ1) is 12.3. The molecule has 1 aromatic heterocycles. The van der Waals surface area contributed by atoms with Gasteiger partial charge in [0.1, 0.15) is 0 Å². The third-order valence-corrected chi connectivity index (χ3v) is 3.13. The van der Waals surface area contributed by atoms with Gasteiger partial charge in [-0.1, -0.05) is 6.07 Å². The van der Waals surface area contributed by atoms with Gasteiger partial charge < -0.3 is 14.8 Å². The highest BCUT2D eigenvalue weighted by atomic mass is 16.1. The first-order valence-corrected chi connectivity index (χ1v) is 6.33. The zero-order valence-corrected chi connectivity index (χ0v) is 10.4. The van der Waals surface area contributed by atoms with Crippen molar-refractivity contribution >= 4 is 0 Å². The maximum atomic E-state index is 11.5. The van der Waals surface area contributed by atoms with E-state index in [-0.39, 0.29) is 5.56 Å². The first-order chi connectivity index (χ1) is 8.25. The van der Waals surface area contributed by atoms with Gasteiger partial charge in [0.05, 0.1) is 0 Å². The van der Waals surface area contributed by atoms with E-state index in [1.807, 2.05) is 12.3 Å². The van der Waals surface area contributed by atoms with Gasteiger partial charge in [-0.2, -0.15) is 0 Å². The van der Waals surface area contributed by atoms with Crippen LogP contribution in [0.3, 0.4) is 0 Å². The fraction of sp³-hybridized carbons (Fsp3) is 0.615. The van der Waals surface area contributed by atoms with Gasteiger partial charge in [0.15, 0.2) is 0 Å². The molecular formula is C13H21N3O. The predicted molar refractivity (Wildman–Crippen MR) is 69.2 cm³/mol. The Kier molecular flexibility index (Phi) is 4.34. The summed E-state index contributed by atoms with van der Waals surface area (Å²) in [4.78, 5) is 13.7. The summed E-state index contributed by atoms with van der Waals surface area (Å²) in [6.45, 7) is 3.76. The molecule has 1 heterocycles. The quantitative estimate of drug-likeness (QED) is 0.749. The normalized spacial score (nSPS) is 15.4. The number of pyridine rings is 1. The average molecular weight is 235 g/mol. The molecule has 94 valence electrons. The maximum absolute atomic E-state index is 11.5. The van der Waals surface area contributed by atoms with Crippen molar-refractivity contribution in [2.45, 2.75) is 25.4 Å². The van der Waals surface area contributed by atoms with Crippen LogP contribution in [0.15, 0.2) is 29.2 Å². The van der Waals surface area contributed by atoms with Gasteiger partial charge in [0, 0.05) is 44.5 Å². The largest absolute Gasteiger partial charge is 0.314 e. The van der Waals surface area contributed by atoms with E-state index in [4.69, 9.17) is 0 Å². The van der Waals surface area contributed by atoms with Crippen molar-refractivity contribution < 1.29 is 0 Å². The second-order valence-corrected chi connectivity index (χ2v) is 4.76. The first-order valence-electron chi connectivity index (χ1n) is 6.33. The second-order valence-electron chi connectivity index (χ2n) is 4.76. The van der Waals surface area contributed by atoms with Crippen LogP contribution in [0.5, 0.6) is 0 Å². The van der Waals surface area contributed by atoms with E-state index in [1.165, 1.54) is 12.8 Å². The molecule has 1 aromatic rings. The van der Waals surface area contributed by atoms with Crippen molar-refractivity contribution in [1.29, 1.82) is 0 Å². The minimum atomic E-state index is 0.0806. The Morgan fingerprint density at radius 1 is 1.41 bits per heavy atom. The van der Waals surface area contributed by atoms with Crippen LogP contribution >= 0.6 is 0 Å². The summed E-state index contributed by atoms with van der Waals surface area (Å²) < 4.78 is 1.75. The predicted octanol–water partition coefficient (Wildman–Crippen LogP) is 0.532. The smallest absolute Gasteiger partial charge is 0.250 e. The monoisotopic (exact) mass is 235 g/mol. The minimum absolute atomic E-state index is 0.0806. The Morgan fingerprint density at radius 3 is 2.94 bits per heavy atom. The van der Waals surface area contributed by atoms with Crippen LogP contribution in [0.1, 0.15) is 12.8 Å². The molecule has 1 N–H and O–H groups in total. The lowest BCUT2D eigenvalue weighted by Gasteiger charge is -2.17. The molecule has 1 aliphatic rings. The SMILES string of the molecule is CN(CCNC1CC1)CCn1ccccc1=O. The molecule has 0 bridgehead atoms. The van der Waals surface area contributed by atoms with Gasteiger partial charge in [0.25, 0.3) is 5.56 Å². The van der Waals surface area contributed by atoms with Gasteiger partial charge in [-0.3, -0.25) is 4.79 Å². The highest BCUT2D eigenvalue weighted by Crippen LogP contribution is 2.17. The molecule has 2 rings (SSSR count). The average Bonchev–Trinajstić information content (AvgIpc) is 3.12. The van der Waals surface area contributed by atoms with Gasteiger partial charge >= 0.3 is 0 Å². The third-order valence-electron chi connectivity index (χ3n) is 3.13. The van der Waals surface area contributed by atoms with Crippen molar-refractivity contribution in [2.75, 3.05) is 26.7 Å². The number of nitrogens with zero attached hydrogens (tertiary/aromatic N) is 2. The highest BCUT2D eigenvalue weighted by Gasteiger charge is 2.19. The molecule has 1 saturated carbocycles. The second kappa shape index (κ2) is 5.98. The molecule has 1 fully saturated rings. The number of hydrogen-bond acceptors (Lipinski definition) is 3. The van der Waals surface area contributed by atoms with Crippen molar-refractivity contribution in [2.24, 2.45) is 0 Å². The molecule has 0 atom stereocenters. The van der Waals surface area contributed by atoms with Crippen molar-refractivity contribution in [1.82, 2.24) is 14.8 Å². The Bertz CT molecular complexity index is 398. The lowest BCUT2D eigenvalue weighted by molar-refractivity contribution is 0.315. The Morgan fingerprint density at radius 2 is 2.24 bits per heavy atom. The summed E-state index contributed by atoms with van der Waals surface area (Å²) >= 11 is 0. The molecule has 0 radical (unpaired) electrons. The lowest BCUT2D eigenvalue weighted by atomic mass is 10.4. The number of likely N-dealkylation sites (N-methyl/N-ethyl adjacent to an activating group) is 1. The Labute approximate surface area is 102 Å². The molecule has 4 heteroatoms. The molecule has 1 aliphatic carbocycles. The van der Waals surface area contributed by atoms with Gasteiger partial charge in [-0.15, -0.1) is 0 Å². The topological polar surface area (TPSA) is 37.3 Å². The standard InChI is InChI=1S/C13H21N3O/c1-15(9-7-14-12-5-6-12)10-11-16-8-3-2-4-13(16)17/h2-4,8,12,14H,5-7,9-11H2,1H3. The number of rotatable bonds is 7. The Hall–Kier alpha value is -1.13. The van der Waals surface area contributed by atoms with E-state index >= 15 is 0 Å². The minimum Gasteiger partial charge on any atom is -0.314 e.